The molecule has 3 nitrogen and oxygen atoms in total. The van der Waals surface area contributed by atoms with Gasteiger partial charge in [0.25, 0.3) is 0 Å². The summed E-state index contributed by atoms with van der Waals surface area (Å²) >= 11 is -2.79. The molecule has 3 rings (SSSR count). The first kappa shape index (κ1) is 23.6. The van der Waals surface area contributed by atoms with Crippen LogP contribution in [0.4, 0.5) is 0 Å². The van der Waals surface area contributed by atoms with E-state index in [1.807, 2.05) is 6.20 Å². The van der Waals surface area contributed by atoms with Crippen LogP contribution in [0.25, 0.3) is 11.0 Å². The summed E-state index contributed by atoms with van der Waals surface area (Å²) in [6.07, 6.45) is 14.9. The number of nitriles is 1. The Labute approximate surface area is 188 Å². The molecule has 1 fully saturated rings. The van der Waals surface area contributed by atoms with E-state index < -0.39 is 18.4 Å². The molecule has 1 aliphatic rings. The summed E-state index contributed by atoms with van der Waals surface area (Å²) in [5.74, 6) is 0. The van der Waals surface area contributed by atoms with E-state index in [0.29, 0.717) is 6.04 Å². The summed E-state index contributed by atoms with van der Waals surface area (Å²) in [4.78, 5) is 4.85. The van der Waals surface area contributed by atoms with Crippen molar-refractivity contribution in [2.75, 3.05) is 0 Å². The zero-order valence-corrected chi connectivity index (χ0v) is 22.6. The van der Waals surface area contributed by atoms with Crippen LogP contribution in [-0.2, 0) is 0 Å². The number of hydrogen-bond acceptors (Lipinski definition) is 2. The minimum absolute atomic E-state index is 0.578. The molecular formula is C26H41N3Sn. The second kappa shape index (κ2) is 11.0. The van der Waals surface area contributed by atoms with Gasteiger partial charge in [-0.05, 0) is 0 Å². The minimum atomic E-state index is -2.79. The molecule has 0 amide bonds. The Bertz CT molecular complexity index is 849. The van der Waals surface area contributed by atoms with Crippen LogP contribution in [0.2, 0.25) is 13.3 Å². The maximum absolute atomic E-state index is 10.4. The van der Waals surface area contributed by atoms with Crippen LogP contribution in [-0.4, -0.2) is 27.9 Å². The molecule has 30 heavy (non-hydrogen) atoms. The van der Waals surface area contributed by atoms with Crippen LogP contribution in [0.15, 0.2) is 12.3 Å². The van der Waals surface area contributed by atoms with E-state index >= 15 is 0 Å². The van der Waals surface area contributed by atoms with Gasteiger partial charge in [0, 0.05) is 0 Å². The van der Waals surface area contributed by atoms with Gasteiger partial charge >= 0.3 is 189 Å². The normalized spacial score (nSPS) is 15.2. The van der Waals surface area contributed by atoms with Crippen LogP contribution in [0.1, 0.15) is 102 Å². The molecule has 1 aliphatic carbocycles. The molecule has 0 atom stereocenters. The van der Waals surface area contributed by atoms with Gasteiger partial charge in [-0.3, -0.25) is 0 Å². The number of fused-ring (bicyclic) bond motifs is 1. The molecule has 0 radical (unpaired) electrons. The zero-order valence-electron chi connectivity index (χ0n) is 19.8. The van der Waals surface area contributed by atoms with Gasteiger partial charge in [-0.2, -0.15) is 0 Å². The first-order valence-corrected chi connectivity index (χ1v) is 20.0. The predicted octanol–water partition coefficient (Wildman–Crippen LogP) is 7.39. The quantitative estimate of drug-likeness (QED) is 0.294. The Kier molecular flexibility index (Phi) is 8.69. The molecule has 0 aliphatic heterocycles. The van der Waals surface area contributed by atoms with Crippen LogP contribution < -0.4 is 3.71 Å². The van der Waals surface area contributed by atoms with Gasteiger partial charge in [0.05, 0.1) is 0 Å². The third-order valence-corrected chi connectivity index (χ3v) is 22.8. The summed E-state index contributed by atoms with van der Waals surface area (Å²) in [6.45, 7) is 9.14. The topological polar surface area (TPSA) is 41.6 Å². The first-order valence-electron chi connectivity index (χ1n) is 12.5. The van der Waals surface area contributed by atoms with Crippen molar-refractivity contribution >= 4 is 33.1 Å². The van der Waals surface area contributed by atoms with Crippen molar-refractivity contribution in [2.24, 2.45) is 0 Å². The summed E-state index contributed by atoms with van der Waals surface area (Å²) in [5, 5.41) is 10.4. The summed E-state index contributed by atoms with van der Waals surface area (Å²) in [6, 6.07) is 5.60. The molecule has 2 aromatic heterocycles. The third-order valence-electron chi connectivity index (χ3n) is 7.31. The molecule has 4 heteroatoms. The molecule has 0 spiro atoms. The Balaban J connectivity index is 2.31. The number of unbranched alkanes of at least 4 members (excludes halogenated alkanes) is 3. The summed E-state index contributed by atoms with van der Waals surface area (Å²) < 4.78 is 8.49. The number of aromatic nitrogens is 2. The number of rotatable bonds is 11. The van der Waals surface area contributed by atoms with E-state index in [-0.39, 0.29) is 0 Å². The van der Waals surface area contributed by atoms with E-state index in [1.54, 1.807) is 3.71 Å². The molecule has 1 saturated carbocycles. The van der Waals surface area contributed by atoms with Crippen molar-refractivity contribution in [3.63, 3.8) is 0 Å². The Hall–Kier alpha value is -1.02. The number of hydrogen-bond donors (Lipinski definition) is 0. The fraction of sp³-hybridized carbons (Fsp3) is 0.692. The van der Waals surface area contributed by atoms with E-state index in [0.717, 1.165) is 11.1 Å². The SMILES string of the molecule is CCC[CH2][Sn]([CH2]CCC)([CH2]CCC)[c]1c(C#N)c2ncc(C)cc2n1C1CCCC1. The third kappa shape index (κ3) is 4.74. The van der Waals surface area contributed by atoms with Gasteiger partial charge < -0.3 is 0 Å². The fourth-order valence-corrected chi connectivity index (χ4v) is 23.1. The number of nitrogens with zero attached hydrogens (tertiary/aromatic N) is 3. The van der Waals surface area contributed by atoms with Crippen molar-refractivity contribution in [1.82, 2.24) is 9.55 Å². The monoisotopic (exact) mass is 515 g/mol. The molecular weight excluding hydrogens is 473 g/mol. The molecule has 0 saturated heterocycles. The van der Waals surface area contributed by atoms with Crippen LogP contribution >= 0.6 is 0 Å². The Morgan fingerprint density at radius 3 is 2.10 bits per heavy atom. The molecule has 0 unspecified atom stereocenters. The average molecular weight is 514 g/mol. The van der Waals surface area contributed by atoms with E-state index in [1.165, 1.54) is 88.6 Å². The van der Waals surface area contributed by atoms with Crippen LogP contribution in [0, 0.1) is 18.3 Å². The predicted molar refractivity (Wildman–Crippen MR) is 131 cm³/mol. The number of aryl methyl sites for hydroxylation is 1. The second-order valence-corrected chi connectivity index (χ2v) is 22.6. The van der Waals surface area contributed by atoms with Gasteiger partial charge in [0.15, 0.2) is 0 Å². The summed E-state index contributed by atoms with van der Waals surface area (Å²) in [7, 11) is 0. The van der Waals surface area contributed by atoms with Crippen LogP contribution in [0.3, 0.4) is 0 Å². The molecule has 0 bridgehead atoms. The van der Waals surface area contributed by atoms with Gasteiger partial charge in [-0.15, -0.1) is 0 Å². The fourth-order valence-electron chi connectivity index (χ4n) is 5.73. The van der Waals surface area contributed by atoms with Gasteiger partial charge in [-0.1, -0.05) is 0 Å². The Morgan fingerprint density at radius 2 is 1.60 bits per heavy atom. The van der Waals surface area contributed by atoms with E-state index in [4.69, 9.17) is 4.98 Å². The Morgan fingerprint density at radius 1 is 1.03 bits per heavy atom. The van der Waals surface area contributed by atoms with Crippen molar-refractivity contribution in [1.29, 1.82) is 5.26 Å². The maximum atomic E-state index is 10.4. The van der Waals surface area contributed by atoms with Crippen molar-refractivity contribution < 1.29 is 0 Å². The van der Waals surface area contributed by atoms with Crippen LogP contribution in [0.5, 0.6) is 0 Å². The standard InChI is InChI=1S/C14H14N3.3C4H9.Sn/c1-10-6-13-14(16-8-10)11(7-15)9-17(13)12-4-2-3-5-12;3*1-3-4-2;/h6,8,12H,2-5H2,1H3;3*1,3-4H2,2H3;. The van der Waals surface area contributed by atoms with Crippen molar-refractivity contribution in [3.8, 4) is 6.07 Å². The molecule has 0 N–H and O–H groups in total. The average Bonchev–Trinajstić information content (AvgIpc) is 3.39. The molecule has 2 heterocycles. The molecule has 164 valence electrons. The van der Waals surface area contributed by atoms with Crippen molar-refractivity contribution in [3.05, 3.63) is 23.4 Å². The zero-order chi connectivity index (χ0) is 21.6. The van der Waals surface area contributed by atoms with Gasteiger partial charge in [0.2, 0.25) is 0 Å². The van der Waals surface area contributed by atoms with E-state index in [9.17, 15) is 5.26 Å². The number of pyridine rings is 1. The van der Waals surface area contributed by atoms with E-state index in [2.05, 4.69) is 44.4 Å². The molecule has 2 aromatic rings. The second-order valence-electron chi connectivity index (χ2n) is 9.62. The summed E-state index contributed by atoms with van der Waals surface area (Å²) in [5.41, 5.74) is 4.44. The first-order chi connectivity index (χ1) is 14.6. The molecule has 0 aromatic carbocycles. The van der Waals surface area contributed by atoms with Crippen molar-refractivity contribution in [2.45, 2.75) is 111 Å². The van der Waals surface area contributed by atoms with Gasteiger partial charge in [0.1, 0.15) is 0 Å². The van der Waals surface area contributed by atoms with Gasteiger partial charge in [-0.25, -0.2) is 0 Å².